The summed E-state index contributed by atoms with van der Waals surface area (Å²) in [5, 5.41) is 3.79. The van der Waals surface area contributed by atoms with Gasteiger partial charge in [-0.15, -0.1) is 0 Å². The monoisotopic (exact) mass is 319 g/mol. The molecular formula is C10H17N5O5S. The number of nitrogens with zero attached hydrogens (tertiary/aromatic N) is 3. The smallest absolute Gasteiger partial charge is 0.421 e. The van der Waals surface area contributed by atoms with E-state index in [0.29, 0.717) is 24.6 Å². The van der Waals surface area contributed by atoms with Gasteiger partial charge in [-0.3, -0.25) is 0 Å². The SMILES string of the molecule is COC(=O)NS(=O)(=O)N1CCC(N)(c2noc(C)n2)CC1. The number of ether oxygens (including phenoxy) is 1. The van der Waals surface area contributed by atoms with E-state index in [1.807, 2.05) is 0 Å². The minimum absolute atomic E-state index is 0.135. The average molecular weight is 319 g/mol. The van der Waals surface area contributed by atoms with Gasteiger partial charge in [-0.25, -0.2) is 9.52 Å². The van der Waals surface area contributed by atoms with Crippen molar-refractivity contribution in [2.24, 2.45) is 5.73 Å². The van der Waals surface area contributed by atoms with E-state index in [1.165, 1.54) is 0 Å². The van der Waals surface area contributed by atoms with Crippen LogP contribution < -0.4 is 10.5 Å². The number of rotatable bonds is 3. The van der Waals surface area contributed by atoms with Crippen LogP contribution in [-0.2, 0) is 20.5 Å². The summed E-state index contributed by atoms with van der Waals surface area (Å²) in [6, 6.07) is 0. The maximum Gasteiger partial charge on any atom is 0.421 e. The maximum atomic E-state index is 11.9. The number of hydrogen-bond acceptors (Lipinski definition) is 8. The second-order valence-corrected chi connectivity index (χ2v) is 6.46. The Hall–Kier alpha value is -1.72. The molecule has 2 rings (SSSR count). The molecule has 1 aliphatic heterocycles. The summed E-state index contributed by atoms with van der Waals surface area (Å²) in [6.45, 7) is 1.92. The van der Waals surface area contributed by atoms with Gasteiger partial charge in [-0.1, -0.05) is 5.16 Å². The first-order chi connectivity index (χ1) is 9.77. The van der Waals surface area contributed by atoms with Crippen LogP contribution in [0.1, 0.15) is 24.6 Å². The number of carbonyl (C=O) groups is 1. The third-order valence-corrected chi connectivity index (χ3v) is 4.79. The first kappa shape index (κ1) is 15.7. The molecule has 118 valence electrons. The van der Waals surface area contributed by atoms with Crippen molar-refractivity contribution in [2.45, 2.75) is 25.3 Å². The van der Waals surface area contributed by atoms with Crippen LogP contribution >= 0.6 is 0 Å². The largest absolute Gasteiger partial charge is 0.452 e. The van der Waals surface area contributed by atoms with Crippen LogP contribution in [0.2, 0.25) is 0 Å². The molecule has 2 heterocycles. The molecule has 0 radical (unpaired) electrons. The number of nitrogens with one attached hydrogen (secondary N) is 1. The minimum Gasteiger partial charge on any atom is -0.452 e. The number of carbonyl (C=O) groups excluding carboxylic acids is 1. The highest BCUT2D eigenvalue weighted by Gasteiger charge is 2.40. The number of piperidine rings is 1. The summed E-state index contributed by atoms with van der Waals surface area (Å²) in [6.07, 6.45) is -0.407. The first-order valence-electron chi connectivity index (χ1n) is 6.22. The van der Waals surface area contributed by atoms with Gasteiger partial charge < -0.3 is 15.0 Å². The Morgan fingerprint density at radius 1 is 1.48 bits per heavy atom. The molecule has 0 aliphatic carbocycles. The molecule has 1 aromatic rings. The highest BCUT2D eigenvalue weighted by atomic mass is 32.2. The van der Waals surface area contributed by atoms with Gasteiger partial charge in [0.2, 0.25) is 5.89 Å². The van der Waals surface area contributed by atoms with Crippen molar-refractivity contribution in [1.82, 2.24) is 19.2 Å². The number of hydrogen-bond donors (Lipinski definition) is 2. The van der Waals surface area contributed by atoms with Crippen LogP contribution in [0, 0.1) is 6.92 Å². The standard InChI is InChI=1S/C10H17N5O5S/c1-7-12-8(13-20-7)10(11)3-5-15(6-4-10)21(17,18)14-9(16)19-2/h3-6,11H2,1-2H3,(H,14,16). The number of methoxy groups -OCH3 is 1. The number of aromatic nitrogens is 2. The Morgan fingerprint density at radius 3 is 2.57 bits per heavy atom. The Morgan fingerprint density at radius 2 is 2.10 bits per heavy atom. The Labute approximate surface area is 121 Å². The fourth-order valence-electron chi connectivity index (χ4n) is 2.06. The van der Waals surface area contributed by atoms with Gasteiger partial charge in [-0.2, -0.15) is 17.7 Å². The molecule has 1 amide bonds. The molecule has 1 aliphatic rings. The molecule has 1 aromatic heterocycles. The lowest BCUT2D eigenvalue weighted by Gasteiger charge is -2.35. The van der Waals surface area contributed by atoms with Crippen LogP contribution in [-0.4, -0.2) is 49.2 Å². The van der Waals surface area contributed by atoms with Crippen LogP contribution in [0.3, 0.4) is 0 Å². The van der Waals surface area contributed by atoms with E-state index < -0.39 is 21.8 Å². The van der Waals surface area contributed by atoms with Crippen molar-refractivity contribution in [3.8, 4) is 0 Å². The van der Waals surface area contributed by atoms with E-state index >= 15 is 0 Å². The van der Waals surface area contributed by atoms with Crippen LogP contribution in [0.4, 0.5) is 4.79 Å². The van der Waals surface area contributed by atoms with Crippen molar-refractivity contribution in [1.29, 1.82) is 0 Å². The van der Waals surface area contributed by atoms with Crippen LogP contribution in [0.5, 0.6) is 0 Å². The van der Waals surface area contributed by atoms with Gasteiger partial charge in [0.05, 0.1) is 12.6 Å². The van der Waals surface area contributed by atoms with Gasteiger partial charge in [-0.05, 0) is 12.8 Å². The summed E-state index contributed by atoms with van der Waals surface area (Å²) in [7, 11) is -2.85. The van der Waals surface area contributed by atoms with Crippen LogP contribution in [0.25, 0.3) is 0 Å². The van der Waals surface area contributed by atoms with E-state index in [2.05, 4.69) is 14.9 Å². The topological polar surface area (TPSA) is 141 Å². The molecule has 0 spiro atoms. The number of aryl methyl sites for hydroxylation is 1. The molecule has 0 saturated carbocycles. The first-order valence-corrected chi connectivity index (χ1v) is 7.66. The normalized spacial score (nSPS) is 19.2. The predicted molar refractivity (Wildman–Crippen MR) is 70.2 cm³/mol. The summed E-state index contributed by atoms with van der Waals surface area (Å²) in [5.74, 6) is 0.759. The zero-order valence-electron chi connectivity index (χ0n) is 11.7. The Bertz CT molecular complexity index is 620. The molecular weight excluding hydrogens is 302 g/mol. The van der Waals surface area contributed by atoms with Gasteiger partial charge in [0, 0.05) is 20.0 Å². The third kappa shape index (κ3) is 3.31. The van der Waals surface area contributed by atoms with E-state index in [9.17, 15) is 13.2 Å². The molecule has 0 atom stereocenters. The molecule has 0 unspecified atom stereocenters. The van der Waals surface area contributed by atoms with Gasteiger partial charge in [0.1, 0.15) is 0 Å². The second-order valence-electron chi connectivity index (χ2n) is 4.79. The molecule has 1 saturated heterocycles. The molecule has 1 fully saturated rings. The maximum absolute atomic E-state index is 11.9. The highest BCUT2D eigenvalue weighted by Crippen LogP contribution is 2.29. The minimum atomic E-state index is -3.93. The van der Waals surface area contributed by atoms with Crippen molar-refractivity contribution in [3.63, 3.8) is 0 Å². The fraction of sp³-hybridized carbons (Fsp3) is 0.700. The number of nitrogens with two attached hydrogens (primary N) is 1. The lowest BCUT2D eigenvalue weighted by Crippen LogP contribution is -2.53. The lowest BCUT2D eigenvalue weighted by molar-refractivity contribution is 0.175. The summed E-state index contributed by atoms with van der Waals surface area (Å²) in [5.41, 5.74) is 5.37. The zero-order valence-corrected chi connectivity index (χ0v) is 12.5. The van der Waals surface area contributed by atoms with Gasteiger partial charge >= 0.3 is 16.3 Å². The molecule has 10 nitrogen and oxygen atoms in total. The fourth-order valence-corrected chi connectivity index (χ4v) is 3.15. The molecule has 0 aromatic carbocycles. The molecule has 3 N–H and O–H groups in total. The Balaban J connectivity index is 2.04. The van der Waals surface area contributed by atoms with E-state index in [1.54, 1.807) is 11.6 Å². The van der Waals surface area contributed by atoms with Crippen molar-refractivity contribution >= 4 is 16.3 Å². The van der Waals surface area contributed by atoms with E-state index in [0.717, 1.165) is 11.4 Å². The van der Waals surface area contributed by atoms with Crippen molar-refractivity contribution < 1.29 is 22.5 Å². The van der Waals surface area contributed by atoms with Crippen molar-refractivity contribution in [3.05, 3.63) is 11.7 Å². The average Bonchev–Trinajstić information content (AvgIpc) is 2.86. The second kappa shape index (κ2) is 5.58. The quantitative estimate of drug-likeness (QED) is 0.739. The van der Waals surface area contributed by atoms with Gasteiger partial charge in [0.25, 0.3) is 0 Å². The summed E-state index contributed by atoms with van der Waals surface area (Å²) >= 11 is 0. The summed E-state index contributed by atoms with van der Waals surface area (Å²) in [4.78, 5) is 15.1. The number of amides is 1. The molecule has 11 heteroatoms. The molecule has 21 heavy (non-hydrogen) atoms. The van der Waals surface area contributed by atoms with Crippen LogP contribution in [0.15, 0.2) is 4.52 Å². The predicted octanol–water partition coefficient (Wildman–Crippen LogP) is -0.771. The lowest BCUT2D eigenvalue weighted by atomic mass is 9.89. The zero-order chi connectivity index (χ0) is 15.7. The van der Waals surface area contributed by atoms with Crippen molar-refractivity contribution in [2.75, 3.05) is 20.2 Å². The van der Waals surface area contributed by atoms with Gasteiger partial charge in [0.15, 0.2) is 5.82 Å². The van der Waals surface area contributed by atoms with E-state index in [4.69, 9.17) is 10.3 Å². The highest BCUT2D eigenvalue weighted by molar-refractivity contribution is 7.87. The molecule has 0 bridgehead atoms. The summed E-state index contributed by atoms with van der Waals surface area (Å²) < 4.78 is 36.0. The third-order valence-electron chi connectivity index (χ3n) is 3.33. The Kier molecular flexibility index (Phi) is 4.16. The van der Waals surface area contributed by atoms with E-state index in [-0.39, 0.29) is 13.1 Å².